The number of ether oxygens (including phenoxy) is 1. The van der Waals surface area contributed by atoms with Gasteiger partial charge in [0.15, 0.2) is 0 Å². The molecule has 0 spiro atoms. The van der Waals surface area contributed by atoms with Crippen molar-refractivity contribution < 1.29 is 4.74 Å². The molecule has 1 atom stereocenters. The van der Waals surface area contributed by atoms with Crippen LogP contribution >= 0.6 is 12.6 Å². The van der Waals surface area contributed by atoms with Crippen molar-refractivity contribution in [1.29, 1.82) is 0 Å². The molecule has 0 bridgehead atoms. The average molecular weight is 233 g/mol. The molecule has 3 heteroatoms. The Morgan fingerprint density at radius 1 is 1.20 bits per heavy atom. The van der Waals surface area contributed by atoms with E-state index in [1.54, 1.807) is 0 Å². The van der Waals surface area contributed by atoms with Gasteiger partial charge < -0.3 is 9.64 Å². The second-order valence-electron chi connectivity index (χ2n) is 4.76. The number of rotatable bonds is 9. The maximum absolute atomic E-state index is 5.52. The smallest absolute Gasteiger partial charge is 0.0478 e. The van der Waals surface area contributed by atoms with Crippen molar-refractivity contribution >= 4 is 12.6 Å². The third kappa shape index (κ3) is 12.2. The third-order valence-corrected chi connectivity index (χ3v) is 2.44. The monoisotopic (exact) mass is 233 g/mol. The molecular weight excluding hydrogens is 206 g/mol. The van der Waals surface area contributed by atoms with Gasteiger partial charge in [-0.1, -0.05) is 20.8 Å². The zero-order valence-corrected chi connectivity index (χ0v) is 11.6. The van der Waals surface area contributed by atoms with Crippen LogP contribution in [0, 0.1) is 5.92 Å². The minimum atomic E-state index is 0.452. The van der Waals surface area contributed by atoms with Crippen molar-refractivity contribution in [1.82, 2.24) is 4.90 Å². The van der Waals surface area contributed by atoms with Crippen molar-refractivity contribution in [2.24, 2.45) is 5.92 Å². The van der Waals surface area contributed by atoms with Gasteiger partial charge in [-0.2, -0.15) is 12.6 Å². The van der Waals surface area contributed by atoms with Gasteiger partial charge in [0.2, 0.25) is 0 Å². The van der Waals surface area contributed by atoms with Crippen LogP contribution in [0.5, 0.6) is 0 Å². The Labute approximate surface area is 101 Å². The lowest BCUT2D eigenvalue weighted by Gasteiger charge is -2.18. The average Bonchev–Trinajstić information content (AvgIpc) is 2.09. The zero-order chi connectivity index (χ0) is 11.7. The molecule has 2 nitrogen and oxygen atoms in total. The fourth-order valence-corrected chi connectivity index (χ4v) is 1.61. The van der Waals surface area contributed by atoms with E-state index >= 15 is 0 Å². The number of thiol groups is 1. The highest BCUT2D eigenvalue weighted by molar-refractivity contribution is 7.80. The van der Waals surface area contributed by atoms with E-state index in [0.717, 1.165) is 38.5 Å². The Balaban J connectivity index is 3.16. The molecule has 0 aromatic carbocycles. The summed E-state index contributed by atoms with van der Waals surface area (Å²) in [5, 5.41) is 0.452. The van der Waals surface area contributed by atoms with Gasteiger partial charge in [0.1, 0.15) is 0 Å². The van der Waals surface area contributed by atoms with Gasteiger partial charge in [-0.25, -0.2) is 0 Å². The summed E-state index contributed by atoms with van der Waals surface area (Å²) in [5.74, 6) is 0.751. The molecule has 15 heavy (non-hydrogen) atoms. The Morgan fingerprint density at radius 3 is 2.40 bits per heavy atom. The number of hydrogen-bond acceptors (Lipinski definition) is 3. The molecule has 0 amide bonds. The summed E-state index contributed by atoms with van der Waals surface area (Å²) >= 11 is 4.31. The van der Waals surface area contributed by atoms with E-state index < -0.39 is 0 Å². The lowest BCUT2D eigenvalue weighted by molar-refractivity contribution is 0.120. The van der Waals surface area contributed by atoms with Crippen molar-refractivity contribution in [2.75, 3.05) is 33.4 Å². The lowest BCUT2D eigenvalue weighted by atomic mass is 10.2. The van der Waals surface area contributed by atoms with Crippen molar-refractivity contribution in [3.63, 3.8) is 0 Å². The molecule has 0 aromatic heterocycles. The molecule has 92 valence electrons. The molecule has 0 heterocycles. The summed E-state index contributed by atoms with van der Waals surface area (Å²) in [4.78, 5) is 2.37. The molecule has 0 radical (unpaired) electrons. The van der Waals surface area contributed by atoms with Gasteiger partial charge in [0, 0.05) is 31.6 Å². The fourth-order valence-electron chi connectivity index (χ4n) is 1.51. The molecule has 0 saturated heterocycles. The van der Waals surface area contributed by atoms with Crippen molar-refractivity contribution in [3.05, 3.63) is 0 Å². The quantitative estimate of drug-likeness (QED) is 0.485. The topological polar surface area (TPSA) is 12.5 Å². The second kappa shape index (κ2) is 9.49. The maximum Gasteiger partial charge on any atom is 0.0478 e. The van der Waals surface area contributed by atoms with Crippen LogP contribution in [0.3, 0.4) is 0 Å². The predicted molar refractivity (Wildman–Crippen MR) is 70.8 cm³/mol. The maximum atomic E-state index is 5.52. The van der Waals surface area contributed by atoms with Gasteiger partial charge in [0.05, 0.1) is 0 Å². The first-order valence-corrected chi connectivity index (χ1v) is 6.48. The first kappa shape index (κ1) is 15.3. The normalized spacial score (nSPS) is 13.8. The zero-order valence-electron chi connectivity index (χ0n) is 10.7. The van der Waals surface area contributed by atoms with Crippen LogP contribution in [0.1, 0.15) is 33.6 Å². The van der Waals surface area contributed by atoms with Gasteiger partial charge in [0.25, 0.3) is 0 Å². The molecule has 0 aliphatic heterocycles. The molecule has 0 aliphatic rings. The highest BCUT2D eigenvalue weighted by Gasteiger charge is 2.01. The van der Waals surface area contributed by atoms with E-state index in [9.17, 15) is 0 Å². The molecule has 1 unspecified atom stereocenters. The van der Waals surface area contributed by atoms with Gasteiger partial charge >= 0.3 is 0 Å². The first-order valence-electron chi connectivity index (χ1n) is 5.96. The van der Waals surface area contributed by atoms with Gasteiger partial charge in [-0.05, 0) is 25.8 Å². The molecule has 0 rings (SSSR count). The summed E-state index contributed by atoms with van der Waals surface area (Å²) in [6.45, 7) is 10.6. The van der Waals surface area contributed by atoms with Gasteiger partial charge in [-0.15, -0.1) is 0 Å². The summed E-state index contributed by atoms with van der Waals surface area (Å²) in [7, 11) is 2.18. The molecule has 0 saturated carbocycles. The standard InChI is InChI=1S/C12H27NOS/c1-11(2)10-13(4)7-5-8-14-9-6-12(3)15/h11-12,15H,5-10H2,1-4H3. The lowest BCUT2D eigenvalue weighted by Crippen LogP contribution is -2.25. The fraction of sp³-hybridized carbons (Fsp3) is 1.00. The molecule has 0 aliphatic carbocycles. The highest BCUT2D eigenvalue weighted by Crippen LogP contribution is 2.00. The Bertz CT molecular complexity index is 140. The minimum Gasteiger partial charge on any atom is -0.381 e. The largest absolute Gasteiger partial charge is 0.381 e. The second-order valence-corrected chi connectivity index (χ2v) is 5.64. The molecular formula is C12H27NOS. The molecule has 0 aromatic rings. The van der Waals surface area contributed by atoms with E-state index in [1.807, 2.05) is 0 Å². The summed E-state index contributed by atoms with van der Waals surface area (Å²) in [5.41, 5.74) is 0. The van der Waals surface area contributed by atoms with Gasteiger partial charge in [-0.3, -0.25) is 0 Å². The van der Waals surface area contributed by atoms with Crippen molar-refractivity contribution in [3.8, 4) is 0 Å². The van der Waals surface area contributed by atoms with Crippen LogP contribution in [0.2, 0.25) is 0 Å². The van der Waals surface area contributed by atoms with E-state index in [-0.39, 0.29) is 0 Å². The van der Waals surface area contributed by atoms with E-state index in [1.165, 1.54) is 6.54 Å². The third-order valence-electron chi connectivity index (χ3n) is 2.19. The van der Waals surface area contributed by atoms with Crippen LogP contribution in [-0.2, 0) is 4.74 Å². The summed E-state index contributed by atoms with van der Waals surface area (Å²) in [6.07, 6.45) is 2.18. The Kier molecular flexibility index (Phi) is 9.66. The van der Waals surface area contributed by atoms with Crippen LogP contribution < -0.4 is 0 Å². The SMILES string of the molecule is CC(C)CN(C)CCCOCCC(C)S. The van der Waals surface area contributed by atoms with Crippen LogP contribution in [0.25, 0.3) is 0 Å². The first-order chi connectivity index (χ1) is 7.02. The molecule has 0 fully saturated rings. The Hall–Kier alpha value is 0.270. The summed E-state index contributed by atoms with van der Waals surface area (Å²) < 4.78 is 5.52. The summed E-state index contributed by atoms with van der Waals surface area (Å²) in [6, 6.07) is 0. The Morgan fingerprint density at radius 2 is 1.87 bits per heavy atom. The highest BCUT2D eigenvalue weighted by atomic mass is 32.1. The van der Waals surface area contributed by atoms with E-state index in [0.29, 0.717) is 5.25 Å². The van der Waals surface area contributed by atoms with E-state index in [2.05, 4.69) is 45.3 Å². The number of hydrogen-bond donors (Lipinski definition) is 1. The predicted octanol–water partition coefficient (Wildman–Crippen LogP) is 2.69. The minimum absolute atomic E-state index is 0.452. The van der Waals surface area contributed by atoms with Crippen LogP contribution in [0.15, 0.2) is 0 Å². The number of nitrogens with zero attached hydrogens (tertiary/aromatic N) is 1. The van der Waals surface area contributed by atoms with E-state index in [4.69, 9.17) is 4.74 Å². The van der Waals surface area contributed by atoms with Crippen LogP contribution in [-0.4, -0.2) is 43.5 Å². The molecule has 0 N–H and O–H groups in total. The van der Waals surface area contributed by atoms with Crippen LogP contribution in [0.4, 0.5) is 0 Å². The van der Waals surface area contributed by atoms with Crippen molar-refractivity contribution in [2.45, 2.75) is 38.9 Å².